The van der Waals surface area contributed by atoms with E-state index in [2.05, 4.69) is 15.5 Å². The Morgan fingerprint density at radius 2 is 2.05 bits per heavy atom. The van der Waals surface area contributed by atoms with Crippen LogP contribution >= 0.6 is 0 Å². The first-order valence-electron chi connectivity index (χ1n) is 6.91. The Hall–Kier alpha value is -1.82. The molecule has 0 unspecified atom stereocenters. The Morgan fingerprint density at radius 1 is 1.30 bits per heavy atom. The second kappa shape index (κ2) is 7.09. The molecule has 5 nitrogen and oxygen atoms in total. The second-order valence-electron chi connectivity index (χ2n) is 4.81. The van der Waals surface area contributed by atoms with Gasteiger partial charge in [-0.3, -0.25) is 0 Å². The SMILES string of the molecule is O=C(NCCO)Nc1cc(F)ccc1N1CCCCC1. The Bertz CT molecular complexity index is 462. The van der Waals surface area contributed by atoms with Crippen LogP contribution in [0.3, 0.4) is 0 Å². The van der Waals surface area contributed by atoms with Gasteiger partial charge in [-0.1, -0.05) is 0 Å². The summed E-state index contributed by atoms with van der Waals surface area (Å²) >= 11 is 0. The lowest BCUT2D eigenvalue weighted by molar-refractivity contribution is 0.245. The van der Waals surface area contributed by atoms with Crippen molar-refractivity contribution in [2.75, 3.05) is 36.5 Å². The van der Waals surface area contributed by atoms with Crippen LogP contribution < -0.4 is 15.5 Å². The average molecular weight is 281 g/mol. The summed E-state index contributed by atoms with van der Waals surface area (Å²) in [5, 5.41) is 13.8. The minimum absolute atomic E-state index is 0.129. The number of hydrogen-bond donors (Lipinski definition) is 3. The number of amides is 2. The van der Waals surface area contributed by atoms with Crippen molar-refractivity contribution >= 4 is 17.4 Å². The standard InChI is InChI=1S/C14H20FN3O2/c15-11-4-5-13(18-7-2-1-3-8-18)12(10-11)17-14(20)16-6-9-19/h4-5,10,19H,1-3,6-9H2,(H2,16,17,20). The van der Waals surface area contributed by atoms with Gasteiger partial charge in [0.15, 0.2) is 0 Å². The lowest BCUT2D eigenvalue weighted by Crippen LogP contribution is -2.33. The van der Waals surface area contributed by atoms with E-state index in [1.807, 2.05) is 0 Å². The number of benzene rings is 1. The van der Waals surface area contributed by atoms with Crippen molar-refractivity contribution in [1.82, 2.24) is 5.32 Å². The molecule has 2 amide bonds. The number of anilines is 2. The number of aliphatic hydroxyl groups excluding tert-OH is 1. The average Bonchev–Trinajstić information content (AvgIpc) is 2.46. The summed E-state index contributed by atoms with van der Waals surface area (Å²) < 4.78 is 13.4. The van der Waals surface area contributed by atoms with Gasteiger partial charge in [-0.05, 0) is 37.5 Å². The second-order valence-corrected chi connectivity index (χ2v) is 4.81. The molecule has 0 saturated carbocycles. The van der Waals surface area contributed by atoms with E-state index >= 15 is 0 Å². The largest absolute Gasteiger partial charge is 0.395 e. The number of urea groups is 1. The van der Waals surface area contributed by atoms with Crippen molar-refractivity contribution in [3.05, 3.63) is 24.0 Å². The van der Waals surface area contributed by atoms with Crippen molar-refractivity contribution in [3.8, 4) is 0 Å². The van der Waals surface area contributed by atoms with Crippen molar-refractivity contribution in [2.45, 2.75) is 19.3 Å². The minimum atomic E-state index is -0.442. The number of rotatable bonds is 4. The number of aliphatic hydroxyl groups is 1. The van der Waals surface area contributed by atoms with Gasteiger partial charge in [-0.25, -0.2) is 9.18 Å². The Labute approximate surface area is 117 Å². The summed E-state index contributed by atoms with van der Waals surface area (Å²) in [6.07, 6.45) is 3.42. The summed E-state index contributed by atoms with van der Waals surface area (Å²) in [5.74, 6) is -0.386. The summed E-state index contributed by atoms with van der Waals surface area (Å²) in [4.78, 5) is 13.8. The van der Waals surface area contributed by atoms with Gasteiger partial charge in [-0.15, -0.1) is 0 Å². The van der Waals surface area contributed by atoms with E-state index in [0.29, 0.717) is 5.69 Å². The molecule has 1 aliphatic rings. The number of nitrogens with one attached hydrogen (secondary N) is 2. The zero-order valence-corrected chi connectivity index (χ0v) is 11.4. The lowest BCUT2D eigenvalue weighted by atomic mass is 10.1. The third kappa shape index (κ3) is 3.84. The summed E-state index contributed by atoms with van der Waals surface area (Å²) in [5.41, 5.74) is 1.30. The molecule has 1 heterocycles. The number of carbonyl (C=O) groups is 1. The molecule has 1 aliphatic heterocycles. The fourth-order valence-electron chi connectivity index (χ4n) is 2.35. The van der Waals surface area contributed by atoms with Gasteiger partial charge < -0.3 is 20.6 Å². The molecule has 0 atom stereocenters. The highest BCUT2D eigenvalue weighted by Crippen LogP contribution is 2.29. The van der Waals surface area contributed by atoms with E-state index in [-0.39, 0.29) is 19.0 Å². The zero-order valence-electron chi connectivity index (χ0n) is 11.4. The monoisotopic (exact) mass is 281 g/mol. The van der Waals surface area contributed by atoms with Gasteiger partial charge in [0.1, 0.15) is 5.82 Å². The Balaban J connectivity index is 2.12. The molecule has 6 heteroatoms. The third-order valence-corrected chi connectivity index (χ3v) is 3.30. The van der Waals surface area contributed by atoms with Crippen molar-refractivity contribution < 1.29 is 14.3 Å². The zero-order chi connectivity index (χ0) is 14.4. The number of hydrogen-bond acceptors (Lipinski definition) is 3. The molecule has 0 bridgehead atoms. The summed E-state index contributed by atoms with van der Waals surface area (Å²) in [7, 11) is 0. The lowest BCUT2D eigenvalue weighted by Gasteiger charge is -2.30. The van der Waals surface area contributed by atoms with Gasteiger partial charge in [0.05, 0.1) is 18.0 Å². The van der Waals surface area contributed by atoms with Crippen LogP contribution in [0, 0.1) is 5.82 Å². The molecular formula is C14H20FN3O2. The van der Waals surface area contributed by atoms with E-state index < -0.39 is 6.03 Å². The first-order chi connectivity index (χ1) is 9.70. The maximum Gasteiger partial charge on any atom is 0.319 e. The highest BCUT2D eigenvalue weighted by molar-refractivity contribution is 5.93. The van der Waals surface area contributed by atoms with E-state index in [9.17, 15) is 9.18 Å². The summed E-state index contributed by atoms with van der Waals surface area (Å²) in [6.45, 7) is 1.87. The predicted molar refractivity (Wildman–Crippen MR) is 76.6 cm³/mol. The van der Waals surface area contributed by atoms with E-state index in [1.165, 1.54) is 18.6 Å². The minimum Gasteiger partial charge on any atom is -0.395 e. The normalized spacial score (nSPS) is 15.0. The smallest absolute Gasteiger partial charge is 0.319 e. The van der Waals surface area contributed by atoms with Crippen LogP contribution in [0.1, 0.15) is 19.3 Å². The van der Waals surface area contributed by atoms with E-state index in [0.717, 1.165) is 31.6 Å². The molecule has 2 rings (SSSR count). The van der Waals surface area contributed by atoms with Crippen molar-refractivity contribution in [1.29, 1.82) is 0 Å². The fourth-order valence-corrected chi connectivity index (χ4v) is 2.35. The van der Waals surface area contributed by atoms with Gasteiger partial charge in [0.25, 0.3) is 0 Å². The topological polar surface area (TPSA) is 64.6 Å². The quantitative estimate of drug-likeness (QED) is 0.790. The number of halogens is 1. The summed E-state index contributed by atoms with van der Waals surface area (Å²) in [6, 6.07) is 3.98. The van der Waals surface area contributed by atoms with Crippen LogP contribution in [0.15, 0.2) is 18.2 Å². The maximum absolute atomic E-state index is 13.4. The van der Waals surface area contributed by atoms with Crippen LogP contribution in [0.2, 0.25) is 0 Å². The molecule has 3 N–H and O–H groups in total. The van der Waals surface area contributed by atoms with Crippen molar-refractivity contribution in [2.24, 2.45) is 0 Å². The van der Waals surface area contributed by atoms with Crippen LogP contribution in [0.25, 0.3) is 0 Å². The molecule has 0 radical (unpaired) electrons. The van der Waals surface area contributed by atoms with Gasteiger partial charge in [0, 0.05) is 19.6 Å². The Kier molecular flexibility index (Phi) is 5.17. The van der Waals surface area contributed by atoms with Crippen LogP contribution in [0.5, 0.6) is 0 Å². The maximum atomic E-state index is 13.4. The van der Waals surface area contributed by atoms with Gasteiger partial charge >= 0.3 is 6.03 Å². The predicted octanol–water partition coefficient (Wildman–Crippen LogP) is 1.93. The molecule has 1 fully saturated rings. The molecule has 1 saturated heterocycles. The number of piperidine rings is 1. The van der Waals surface area contributed by atoms with Gasteiger partial charge in [0.2, 0.25) is 0 Å². The van der Waals surface area contributed by atoms with E-state index in [1.54, 1.807) is 6.07 Å². The molecule has 1 aromatic carbocycles. The van der Waals surface area contributed by atoms with Crippen LogP contribution in [-0.4, -0.2) is 37.4 Å². The molecule has 0 aromatic heterocycles. The van der Waals surface area contributed by atoms with Crippen LogP contribution in [-0.2, 0) is 0 Å². The third-order valence-electron chi connectivity index (χ3n) is 3.30. The Morgan fingerprint density at radius 3 is 2.75 bits per heavy atom. The fraction of sp³-hybridized carbons (Fsp3) is 0.500. The molecule has 1 aromatic rings. The first-order valence-corrected chi connectivity index (χ1v) is 6.91. The molecule has 20 heavy (non-hydrogen) atoms. The highest BCUT2D eigenvalue weighted by atomic mass is 19.1. The number of nitrogens with zero attached hydrogens (tertiary/aromatic N) is 1. The molecule has 0 aliphatic carbocycles. The molecular weight excluding hydrogens is 261 g/mol. The highest BCUT2D eigenvalue weighted by Gasteiger charge is 2.16. The van der Waals surface area contributed by atoms with Crippen molar-refractivity contribution in [3.63, 3.8) is 0 Å². The first kappa shape index (κ1) is 14.6. The van der Waals surface area contributed by atoms with E-state index in [4.69, 9.17) is 5.11 Å². The van der Waals surface area contributed by atoms with Gasteiger partial charge in [-0.2, -0.15) is 0 Å². The molecule has 110 valence electrons. The molecule has 0 spiro atoms. The number of carbonyl (C=O) groups excluding carboxylic acids is 1. The van der Waals surface area contributed by atoms with Crippen LogP contribution in [0.4, 0.5) is 20.6 Å².